The zero-order valence-corrected chi connectivity index (χ0v) is 13.8. The highest BCUT2D eigenvalue weighted by Gasteiger charge is 2.43. The van der Waals surface area contributed by atoms with Gasteiger partial charge in [-0.05, 0) is 63.5 Å². The Morgan fingerprint density at radius 2 is 2.15 bits per heavy atom. The molecule has 0 aromatic heterocycles. The second kappa shape index (κ2) is 6.04. The summed E-state index contributed by atoms with van der Waals surface area (Å²) in [5, 5.41) is 3.36. The molecule has 1 aliphatic heterocycles. The molecule has 1 aliphatic carbocycles. The fourth-order valence-electron chi connectivity index (χ4n) is 3.54. The standard InChI is InChI=1S/C16H23BrN2O/c1-18-10-11-7-8-19(13-4-5-13)16(11)14-9-12(17)3-6-15(14)20-2/h3,6,9,11,13,16,18H,4-5,7-8,10H2,1-2H3. The Balaban J connectivity index is 1.96. The van der Waals surface area contributed by atoms with E-state index in [1.165, 1.54) is 31.4 Å². The average molecular weight is 339 g/mol. The molecular weight excluding hydrogens is 316 g/mol. The molecule has 2 aliphatic rings. The molecule has 0 spiro atoms. The minimum atomic E-state index is 0.488. The highest BCUT2D eigenvalue weighted by Crippen LogP contribution is 2.46. The van der Waals surface area contributed by atoms with Gasteiger partial charge >= 0.3 is 0 Å². The summed E-state index contributed by atoms with van der Waals surface area (Å²) in [6.45, 7) is 2.29. The van der Waals surface area contributed by atoms with Crippen LogP contribution in [0.2, 0.25) is 0 Å². The van der Waals surface area contributed by atoms with Gasteiger partial charge in [0.2, 0.25) is 0 Å². The average Bonchev–Trinajstić information content (AvgIpc) is 3.21. The van der Waals surface area contributed by atoms with E-state index >= 15 is 0 Å². The van der Waals surface area contributed by atoms with Crippen LogP contribution >= 0.6 is 15.9 Å². The Kier molecular flexibility index (Phi) is 4.34. The van der Waals surface area contributed by atoms with E-state index in [1.807, 2.05) is 0 Å². The number of rotatable bonds is 5. The number of hydrogen-bond donors (Lipinski definition) is 1. The van der Waals surface area contributed by atoms with Crippen LogP contribution in [0.3, 0.4) is 0 Å². The first kappa shape index (κ1) is 14.4. The van der Waals surface area contributed by atoms with Gasteiger partial charge in [0, 0.05) is 22.1 Å². The van der Waals surface area contributed by atoms with Crippen LogP contribution in [0.5, 0.6) is 5.75 Å². The quantitative estimate of drug-likeness (QED) is 0.892. The molecule has 1 N–H and O–H groups in total. The first-order valence-corrected chi connectivity index (χ1v) is 8.27. The van der Waals surface area contributed by atoms with Crippen LogP contribution in [0.15, 0.2) is 22.7 Å². The van der Waals surface area contributed by atoms with E-state index in [0.29, 0.717) is 12.0 Å². The van der Waals surface area contributed by atoms with Gasteiger partial charge in [-0.2, -0.15) is 0 Å². The number of halogens is 1. The van der Waals surface area contributed by atoms with E-state index in [0.717, 1.165) is 22.8 Å². The highest BCUT2D eigenvalue weighted by atomic mass is 79.9. The molecule has 1 aromatic rings. The molecule has 0 radical (unpaired) electrons. The topological polar surface area (TPSA) is 24.5 Å². The number of hydrogen-bond acceptors (Lipinski definition) is 3. The Bertz CT molecular complexity index is 476. The maximum Gasteiger partial charge on any atom is 0.123 e. The molecule has 4 heteroatoms. The summed E-state index contributed by atoms with van der Waals surface area (Å²) in [7, 11) is 3.82. The smallest absolute Gasteiger partial charge is 0.123 e. The zero-order chi connectivity index (χ0) is 14.1. The summed E-state index contributed by atoms with van der Waals surface area (Å²) in [6, 6.07) is 7.67. The molecule has 2 unspecified atom stereocenters. The molecule has 0 amide bonds. The summed E-state index contributed by atoms with van der Waals surface area (Å²) < 4.78 is 6.76. The molecule has 3 rings (SSSR count). The summed E-state index contributed by atoms with van der Waals surface area (Å²) in [5.74, 6) is 1.69. The van der Waals surface area contributed by atoms with E-state index < -0.39 is 0 Å². The predicted octanol–water partition coefficient (Wildman–Crippen LogP) is 3.20. The number of likely N-dealkylation sites (tertiary alicyclic amines) is 1. The van der Waals surface area contributed by atoms with Crippen molar-refractivity contribution >= 4 is 15.9 Å². The van der Waals surface area contributed by atoms with Crippen LogP contribution in [0.4, 0.5) is 0 Å². The maximum absolute atomic E-state index is 5.62. The third kappa shape index (κ3) is 2.74. The molecular formula is C16H23BrN2O. The molecule has 1 heterocycles. The van der Waals surface area contributed by atoms with Crippen LogP contribution in [0.25, 0.3) is 0 Å². The van der Waals surface area contributed by atoms with E-state index in [9.17, 15) is 0 Å². The van der Waals surface area contributed by atoms with Crippen molar-refractivity contribution in [1.82, 2.24) is 10.2 Å². The van der Waals surface area contributed by atoms with Crippen LogP contribution < -0.4 is 10.1 Å². The first-order chi connectivity index (χ1) is 9.74. The molecule has 20 heavy (non-hydrogen) atoms. The van der Waals surface area contributed by atoms with Gasteiger partial charge < -0.3 is 10.1 Å². The predicted molar refractivity (Wildman–Crippen MR) is 85.2 cm³/mol. The van der Waals surface area contributed by atoms with E-state index in [2.05, 4.69) is 51.4 Å². The minimum Gasteiger partial charge on any atom is -0.496 e. The highest BCUT2D eigenvalue weighted by molar-refractivity contribution is 9.10. The number of nitrogens with zero attached hydrogens (tertiary/aromatic N) is 1. The van der Waals surface area contributed by atoms with Gasteiger partial charge in [0.25, 0.3) is 0 Å². The van der Waals surface area contributed by atoms with Crippen molar-refractivity contribution in [3.63, 3.8) is 0 Å². The van der Waals surface area contributed by atoms with Crippen molar-refractivity contribution in [2.45, 2.75) is 31.3 Å². The molecule has 1 aromatic carbocycles. The molecule has 1 saturated heterocycles. The second-order valence-electron chi connectivity index (χ2n) is 5.91. The van der Waals surface area contributed by atoms with Gasteiger partial charge in [0.1, 0.15) is 5.75 Å². The van der Waals surface area contributed by atoms with Gasteiger partial charge in [-0.15, -0.1) is 0 Å². The van der Waals surface area contributed by atoms with Crippen LogP contribution in [0.1, 0.15) is 30.9 Å². The maximum atomic E-state index is 5.62. The lowest BCUT2D eigenvalue weighted by molar-refractivity contribution is 0.212. The third-order valence-electron chi connectivity index (χ3n) is 4.55. The first-order valence-electron chi connectivity index (χ1n) is 7.48. The molecule has 110 valence electrons. The van der Waals surface area contributed by atoms with Crippen LogP contribution in [-0.4, -0.2) is 38.2 Å². The molecule has 3 nitrogen and oxygen atoms in total. The molecule has 2 fully saturated rings. The zero-order valence-electron chi connectivity index (χ0n) is 12.2. The van der Waals surface area contributed by atoms with E-state index in [-0.39, 0.29) is 0 Å². The SMILES string of the molecule is CNCC1CCN(C2CC2)C1c1cc(Br)ccc1OC. The third-order valence-corrected chi connectivity index (χ3v) is 5.05. The normalized spacial score (nSPS) is 26.9. The number of benzene rings is 1. The van der Waals surface area contributed by atoms with Gasteiger partial charge in [-0.1, -0.05) is 15.9 Å². The molecule has 2 atom stereocenters. The van der Waals surface area contributed by atoms with E-state index in [1.54, 1.807) is 7.11 Å². The van der Waals surface area contributed by atoms with Crippen molar-refractivity contribution in [3.8, 4) is 5.75 Å². The summed E-state index contributed by atoms with van der Waals surface area (Å²) in [6.07, 6.45) is 4.00. The largest absolute Gasteiger partial charge is 0.496 e. The fourth-order valence-corrected chi connectivity index (χ4v) is 3.92. The Labute approximate surface area is 129 Å². The Hall–Kier alpha value is -0.580. The fraction of sp³-hybridized carbons (Fsp3) is 0.625. The van der Waals surface area contributed by atoms with Crippen molar-refractivity contribution in [2.75, 3.05) is 27.2 Å². The van der Waals surface area contributed by atoms with Crippen molar-refractivity contribution in [3.05, 3.63) is 28.2 Å². The lowest BCUT2D eigenvalue weighted by atomic mass is 9.92. The lowest BCUT2D eigenvalue weighted by Crippen LogP contribution is -2.31. The number of nitrogens with one attached hydrogen (secondary N) is 1. The Morgan fingerprint density at radius 3 is 2.80 bits per heavy atom. The van der Waals surface area contributed by atoms with Crippen LogP contribution in [0, 0.1) is 5.92 Å². The van der Waals surface area contributed by atoms with Gasteiger partial charge in [0.05, 0.1) is 7.11 Å². The lowest BCUT2D eigenvalue weighted by Gasteiger charge is -2.30. The molecule has 1 saturated carbocycles. The van der Waals surface area contributed by atoms with Crippen molar-refractivity contribution < 1.29 is 4.74 Å². The van der Waals surface area contributed by atoms with Crippen LogP contribution in [-0.2, 0) is 0 Å². The van der Waals surface area contributed by atoms with Gasteiger partial charge in [-0.3, -0.25) is 4.90 Å². The summed E-state index contributed by atoms with van der Waals surface area (Å²) in [5.41, 5.74) is 1.34. The number of methoxy groups -OCH3 is 1. The van der Waals surface area contributed by atoms with Gasteiger partial charge in [-0.25, -0.2) is 0 Å². The van der Waals surface area contributed by atoms with Crippen molar-refractivity contribution in [1.29, 1.82) is 0 Å². The summed E-state index contributed by atoms with van der Waals surface area (Å²) >= 11 is 3.61. The van der Waals surface area contributed by atoms with Gasteiger partial charge in [0.15, 0.2) is 0 Å². The monoisotopic (exact) mass is 338 g/mol. The minimum absolute atomic E-state index is 0.488. The second-order valence-corrected chi connectivity index (χ2v) is 6.82. The summed E-state index contributed by atoms with van der Waals surface area (Å²) in [4.78, 5) is 2.70. The Morgan fingerprint density at radius 1 is 1.35 bits per heavy atom. The van der Waals surface area contributed by atoms with E-state index in [4.69, 9.17) is 4.74 Å². The van der Waals surface area contributed by atoms with Crippen molar-refractivity contribution in [2.24, 2.45) is 5.92 Å². The molecule has 0 bridgehead atoms. The number of ether oxygens (including phenoxy) is 1.